The van der Waals surface area contributed by atoms with Crippen LogP contribution in [-0.2, 0) is 14.3 Å². The largest absolute Gasteiger partial charge is 0.497 e. The van der Waals surface area contributed by atoms with Gasteiger partial charge >= 0.3 is 0 Å². The molecule has 2 atom stereocenters. The van der Waals surface area contributed by atoms with Crippen LogP contribution in [0.4, 0.5) is 0 Å². The summed E-state index contributed by atoms with van der Waals surface area (Å²) in [6, 6.07) is 7.66. The Morgan fingerprint density at radius 2 is 2.17 bits per heavy atom. The SMILES string of the molecule is COc1ccc(C2OC[C@@H](CCCC=O)O2)cc1. The molecule has 1 aromatic carbocycles. The van der Waals surface area contributed by atoms with Crippen LogP contribution in [-0.4, -0.2) is 26.1 Å². The summed E-state index contributed by atoms with van der Waals surface area (Å²) in [5.41, 5.74) is 0.994. The predicted octanol–water partition coefficient (Wildman–Crippen LogP) is 2.48. The normalized spacial score (nSPS) is 22.9. The number of hydrogen-bond acceptors (Lipinski definition) is 4. The van der Waals surface area contributed by atoms with Crippen LogP contribution in [0.5, 0.6) is 5.75 Å². The topological polar surface area (TPSA) is 44.8 Å². The van der Waals surface area contributed by atoms with Gasteiger partial charge in [0.2, 0.25) is 0 Å². The Morgan fingerprint density at radius 1 is 1.39 bits per heavy atom. The molecule has 1 unspecified atom stereocenters. The van der Waals surface area contributed by atoms with Crippen molar-refractivity contribution in [3.8, 4) is 5.75 Å². The summed E-state index contributed by atoms with van der Waals surface area (Å²) in [5, 5.41) is 0. The van der Waals surface area contributed by atoms with Gasteiger partial charge in [-0.25, -0.2) is 0 Å². The minimum absolute atomic E-state index is 0.0945. The highest BCUT2D eigenvalue weighted by Gasteiger charge is 2.26. The second-order valence-corrected chi connectivity index (χ2v) is 4.29. The lowest BCUT2D eigenvalue weighted by Gasteiger charge is -2.11. The Morgan fingerprint density at radius 3 is 2.83 bits per heavy atom. The molecule has 4 nitrogen and oxygen atoms in total. The number of carbonyl (C=O) groups is 1. The van der Waals surface area contributed by atoms with E-state index in [4.69, 9.17) is 14.2 Å². The van der Waals surface area contributed by atoms with Gasteiger partial charge in [-0.2, -0.15) is 0 Å². The quantitative estimate of drug-likeness (QED) is 0.574. The molecule has 0 aliphatic carbocycles. The number of carbonyl (C=O) groups excluding carboxylic acids is 1. The summed E-state index contributed by atoms with van der Waals surface area (Å²) in [6.45, 7) is 0.593. The molecule has 4 heteroatoms. The van der Waals surface area contributed by atoms with E-state index in [1.807, 2.05) is 24.3 Å². The number of benzene rings is 1. The van der Waals surface area contributed by atoms with Crippen molar-refractivity contribution in [2.24, 2.45) is 0 Å². The van der Waals surface area contributed by atoms with Gasteiger partial charge in [0.05, 0.1) is 19.8 Å². The summed E-state index contributed by atoms with van der Waals surface area (Å²) in [6.07, 6.45) is 3.05. The average Bonchev–Trinajstić information content (AvgIpc) is 2.88. The van der Waals surface area contributed by atoms with Gasteiger partial charge in [-0.05, 0) is 25.0 Å². The zero-order valence-corrected chi connectivity index (χ0v) is 10.5. The minimum Gasteiger partial charge on any atom is -0.497 e. The van der Waals surface area contributed by atoms with Crippen LogP contribution in [0, 0.1) is 0 Å². The molecule has 18 heavy (non-hydrogen) atoms. The minimum atomic E-state index is -0.294. The fourth-order valence-electron chi connectivity index (χ4n) is 1.96. The predicted molar refractivity (Wildman–Crippen MR) is 66.5 cm³/mol. The second-order valence-electron chi connectivity index (χ2n) is 4.29. The maximum absolute atomic E-state index is 10.2. The number of unbranched alkanes of at least 4 members (excludes halogenated alkanes) is 1. The van der Waals surface area contributed by atoms with Crippen LogP contribution in [0.25, 0.3) is 0 Å². The van der Waals surface area contributed by atoms with E-state index < -0.39 is 0 Å². The van der Waals surface area contributed by atoms with Crippen molar-refractivity contribution in [1.29, 1.82) is 0 Å². The van der Waals surface area contributed by atoms with Gasteiger partial charge in [0.1, 0.15) is 12.0 Å². The lowest BCUT2D eigenvalue weighted by atomic mass is 10.2. The molecule has 0 radical (unpaired) electrons. The molecule has 98 valence electrons. The molecule has 0 aromatic heterocycles. The molecule has 0 N–H and O–H groups in total. The molecule has 1 aromatic rings. The maximum Gasteiger partial charge on any atom is 0.184 e. The van der Waals surface area contributed by atoms with Crippen molar-refractivity contribution in [2.75, 3.05) is 13.7 Å². The average molecular weight is 250 g/mol. The molecule has 0 bridgehead atoms. The lowest BCUT2D eigenvalue weighted by Crippen LogP contribution is -2.09. The van der Waals surface area contributed by atoms with Crippen molar-refractivity contribution in [3.05, 3.63) is 29.8 Å². The van der Waals surface area contributed by atoms with Crippen molar-refractivity contribution >= 4 is 6.29 Å². The van der Waals surface area contributed by atoms with E-state index in [-0.39, 0.29) is 12.4 Å². The molecule has 1 saturated heterocycles. The summed E-state index contributed by atoms with van der Waals surface area (Å²) in [5.74, 6) is 0.819. The lowest BCUT2D eigenvalue weighted by molar-refractivity contribution is -0.108. The first-order chi connectivity index (χ1) is 8.83. The van der Waals surface area contributed by atoms with Crippen LogP contribution in [0.15, 0.2) is 24.3 Å². The monoisotopic (exact) mass is 250 g/mol. The van der Waals surface area contributed by atoms with Crippen molar-refractivity contribution in [2.45, 2.75) is 31.7 Å². The summed E-state index contributed by atoms with van der Waals surface area (Å²) in [4.78, 5) is 10.2. The number of hydrogen-bond donors (Lipinski definition) is 0. The second kappa shape index (κ2) is 6.52. The standard InChI is InChI=1S/C14H18O4/c1-16-12-7-5-11(6-8-12)14-17-10-13(18-14)4-2-3-9-15/h5-9,13-14H,2-4,10H2,1H3/t13-,14?/m1/s1. The van der Waals surface area contributed by atoms with Gasteiger partial charge < -0.3 is 19.0 Å². The van der Waals surface area contributed by atoms with Crippen LogP contribution in [0.1, 0.15) is 31.1 Å². The number of rotatable bonds is 6. The Kier molecular flexibility index (Phi) is 4.73. The zero-order valence-electron chi connectivity index (χ0n) is 10.5. The van der Waals surface area contributed by atoms with E-state index in [1.165, 1.54) is 0 Å². The third kappa shape index (κ3) is 3.31. The molecule has 1 aliphatic heterocycles. The molecule has 1 fully saturated rings. The van der Waals surface area contributed by atoms with E-state index in [2.05, 4.69) is 0 Å². The third-order valence-corrected chi connectivity index (χ3v) is 2.99. The van der Waals surface area contributed by atoms with Crippen molar-refractivity contribution < 1.29 is 19.0 Å². The van der Waals surface area contributed by atoms with Crippen LogP contribution in [0.2, 0.25) is 0 Å². The highest BCUT2D eigenvalue weighted by Crippen LogP contribution is 2.29. The molecule has 1 aliphatic rings. The Bertz CT molecular complexity index is 374. The van der Waals surface area contributed by atoms with Crippen LogP contribution >= 0.6 is 0 Å². The Hall–Kier alpha value is -1.39. The summed E-state index contributed by atoms with van der Waals surface area (Å²) < 4.78 is 16.5. The highest BCUT2D eigenvalue weighted by atomic mass is 16.7. The molecule has 0 spiro atoms. The van der Waals surface area contributed by atoms with Crippen LogP contribution < -0.4 is 4.74 Å². The molecular formula is C14H18O4. The molecule has 2 rings (SSSR count). The molecule has 0 saturated carbocycles. The van der Waals surface area contributed by atoms with Gasteiger partial charge in [0.15, 0.2) is 6.29 Å². The van der Waals surface area contributed by atoms with E-state index in [0.717, 1.165) is 30.4 Å². The highest BCUT2D eigenvalue weighted by molar-refractivity contribution is 5.48. The fourth-order valence-corrected chi connectivity index (χ4v) is 1.96. The zero-order chi connectivity index (χ0) is 12.8. The summed E-state index contributed by atoms with van der Waals surface area (Å²) in [7, 11) is 1.64. The van der Waals surface area contributed by atoms with Crippen molar-refractivity contribution in [3.63, 3.8) is 0 Å². The first-order valence-corrected chi connectivity index (χ1v) is 6.18. The number of ether oxygens (including phenoxy) is 3. The Balaban J connectivity index is 1.85. The van der Waals surface area contributed by atoms with E-state index >= 15 is 0 Å². The maximum atomic E-state index is 10.2. The van der Waals surface area contributed by atoms with Gasteiger partial charge in [-0.1, -0.05) is 12.1 Å². The third-order valence-electron chi connectivity index (χ3n) is 2.99. The molecular weight excluding hydrogens is 232 g/mol. The molecule has 0 amide bonds. The van der Waals surface area contributed by atoms with Gasteiger partial charge in [-0.15, -0.1) is 0 Å². The summed E-state index contributed by atoms with van der Waals surface area (Å²) >= 11 is 0. The van der Waals surface area contributed by atoms with Crippen molar-refractivity contribution in [1.82, 2.24) is 0 Å². The first-order valence-electron chi connectivity index (χ1n) is 6.18. The van der Waals surface area contributed by atoms with Gasteiger partial charge in [0, 0.05) is 12.0 Å². The van der Waals surface area contributed by atoms with Gasteiger partial charge in [-0.3, -0.25) is 0 Å². The Labute approximate surface area is 107 Å². The van der Waals surface area contributed by atoms with Gasteiger partial charge in [0.25, 0.3) is 0 Å². The molecule has 1 heterocycles. The number of aldehydes is 1. The van der Waals surface area contributed by atoms with E-state index in [0.29, 0.717) is 13.0 Å². The van der Waals surface area contributed by atoms with Crippen LogP contribution in [0.3, 0.4) is 0 Å². The smallest absolute Gasteiger partial charge is 0.184 e. The fraction of sp³-hybridized carbons (Fsp3) is 0.500. The number of methoxy groups -OCH3 is 1. The van der Waals surface area contributed by atoms with E-state index in [1.54, 1.807) is 7.11 Å². The first kappa shape index (κ1) is 13.1. The van der Waals surface area contributed by atoms with E-state index in [9.17, 15) is 4.79 Å².